The summed E-state index contributed by atoms with van der Waals surface area (Å²) in [5.74, 6) is 2.09. The van der Waals surface area contributed by atoms with Gasteiger partial charge in [0.2, 0.25) is 5.91 Å². The molecule has 1 saturated carbocycles. The number of carbonyl (C=O) groups excluding carboxylic acids is 1. The molecule has 1 aliphatic heterocycles. The van der Waals surface area contributed by atoms with E-state index in [9.17, 15) is 9.90 Å². The third kappa shape index (κ3) is 4.53. The monoisotopic (exact) mass is 404 g/mol. The molecule has 1 aromatic rings. The highest BCUT2D eigenvalue weighted by molar-refractivity contribution is 5.82. The number of aliphatic hydroxyl groups excluding tert-OH is 1. The van der Waals surface area contributed by atoms with Gasteiger partial charge in [-0.25, -0.2) is 0 Å². The predicted molar refractivity (Wildman–Crippen MR) is 113 cm³/mol. The molecule has 0 bridgehead atoms. The van der Waals surface area contributed by atoms with Gasteiger partial charge in [-0.1, -0.05) is 26.8 Å². The Morgan fingerprint density at radius 1 is 1.31 bits per heavy atom. The van der Waals surface area contributed by atoms with Crippen LogP contribution in [0.3, 0.4) is 0 Å². The molecular weight excluding hydrogens is 368 g/mol. The first kappa shape index (κ1) is 21.9. The Balaban J connectivity index is 1.88. The number of rotatable bonds is 8. The van der Waals surface area contributed by atoms with Crippen LogP contribution in [0, 0.1) is 17.3 Å². The van der Waals surface area contributed by atoms with Gasteiger partial charge in [0.05, 0.1) is 25.9 Å². The lowest BCUT2D eigenvalue weighted by Crippen LogP contribution is -2.46. The highest BCUT2D eigenvalue weighted by Gasteiger charge is 2.49. The van der Waals surface area contributed by atoms with E-state index in [1.165, 1.54) is 12.8 Å². The lowest BCUT2D eigenvalue weighted by molar-refractivity contribution is -0.133. The van der Waals surface area contributed by atoms with Gasteiger partial charge in [-0.2, -0.15) is 0 Å². The minimum atomic E-state index is -0.571. The van der Waals surface area contributed by atoms with Gasteiger partial charge < -0.3 is 25.2 Å². The largest absolute Gasteiger partial charge is 0.493 e. The summed E-state index contributed by atoms with van der Waals surface area (Å²) in [5.41, 5.74) is 6.72. The fourth-order valence-electron chi connectivity index (χ4n) is 4.10. The fourth-order valence-corrected chi connectivity index (χ4v) is 4.10. The van der Waals surface area contributed by atoms with Crippen molar-refractivity contribution in [2.24, 2.45) is 23.0 Å². The molecule has 0 spiro atoms. The van der Waals surface area contributed by atoms with Gasteiger partial charge in [-0.3, -0.25) is 4.79 Å². The summed E-state index contributed by atoms with van der Waals surface area (Å²) in [5, 5.41) is 10.6. The van der Waals surface area contributed by atoms with Gasteiger partial charge in [0.15, 0.2) is 11.5 Å². The number of amides is 1. The van der Waals surface area contributed by atoms with Crippen LogP contribution in [0.1, 0.15) is 52.0 Å². The molecule has 3 rings (SSSR count). The number of benzene rings is 1. The second-order valence-electron chi connectivity index (χ2n) is 9.39. The summed E-state index contributed by atoms with van der Waals surface area (Å²) in [7, 11) is 1.64. The van der Waals surface area contributed by atoms with Crippen molar-refractivity contribution in [2.45, 2.75) is 58.6 Å². The summed E-state index contributed by atoms with van der Waals surface area (Å²) >= 11 is 0. The molecule has 1 unspecified atom stereocenters. The van der Waals surface area contributed by atoms with Crippen molar-refractivity contribution in [3.05, 3.63) is 23.8 Å². The van der Waals surface area contributed by atoms with E-state index >= 15 is 0 Å². The highest BCUT2D eigenvalue weighted by Crippen LogP contribution is 2.47. The zero-order valence-corrected chi connectivity index (χ0v) is 18.4. The number of carbonyl (C=O) groups is 1. The number of likely N-dealkylation sites (tertiary alicyclic amines) is 1. The van der Waals surface area contributed by atoms with Gasteiger partial charge >= 0.3 is 0 Å². The lowest BCUT2D eigenvalue weighted by atomic mass is 9.72. The molecule has 2 aliphatic rings. The summed E-state index contributed by atoms with van der Waals surface area (Å²) in [4.78, 5) is 14.7. The third-order valence-electron chi connectivity index (χ3n) is 6.76. The number of aliphatic hydroxyl groups is 1. The molecule has 3 N–H and O–H groups in total. The van der Waals surface area contributed by atoms with Crippen molar-refractivity contribution in [1.29, 1.82) is 0 Å². The Morgan fingerprint density at radius 3 is 2.55 bits per heavy atom. The van der Waals surface area contributed by atoms with E-state index < -0.39 is 17.6 Å². The molecule has 1 aliphatic carbocycles. The third-order valence-corrected chi connectivity index (χ3v) is 6.76. The maximum atomic E-state index is 12.9. The SMILES string of the molecule is COc1ccc([C@@H]2CN(C(=O)[C@H](N)C(C)C)CC2(C)[C@@H](C)O)cc1OCC1CC1. The first-order valence-corrected chi connectivity index (χ1v) is 10.7. The minimum Gasteiger partial charge on any atom is -0.493 e. The Hall–Kier alpha value is -1.79. The quantitative estimate of drug-likeness (QED) is 0.696. The number of nitrogens with zero attached hydrogens (tertiary/aromatic N) is 1. The second kappa shape index (κ2) is 8.52. The van der Waals surface area contributed by atoms with Crippen molar-refractivity contribution in [3.63, 3.8) is 0 Å². The molecule has 4 atom stereocenters. The number of ether oxygens (including phenoxy) is 2. The molecular formula is C23H36N2O4. The molecule has 6 heteroatoms. The van der Waals surface area contributed by atoms with Crippen LogP contribution < -0.4 is 15.2 Å². The summed E-state index contributed by atoms with van der Waals surface area (Å²) in [6, 6.07) is 5.43. The van der Waals surface area contributed by atoms with Crippen LogP contribution >= 0.6 is 0 Å². The molecule has 6 nitrogen and oxygen atoms in total. The topological polar surface area (TPSA) is 85.0 Å². The van der Waals surface area contributed by atoms with Gasteiger partial charge in [-0.15, -0.1) is 0 Å². The smallest absolute Gasteiger partial charge is 0.239 e. The molecule has 162 valence electrons. The van der Waals surface area contributed by atoms with Crippen LogP contribution in [-0.4, -0.2) is 54.9 Å². The Labute approximate surface area is 174 Å². The van der Waals surface area contributed by atoms with Crippen LogP contribution in [0.25, 0.3) is 0 Å². The molecule has 1 saturated heterocycles. The first-order chi connectivity index (χ1) is 13.7. The average Bonchev–Trinajstić information content (AvgIpc) is 3.45. The highest BCUT2D eigenvalue weighted by atomic mass is 16.5. The fraction of sp³-hybridized carbons (Fsp3) is 0.696. The van der Waals surface area contributed by atoms with Crippen LogP contribution in [-0.2, 0) is 4.79 Å². The van der Waals surface area contributed by atoms with Crippen molar-refractivity contribution >= 4 is 5.91 Å². The molecule has 2 fully saturated rings. The van der Waals surface area contributed by atoms with Crippen molar-refractivity contribution in [1.82, 2.24) is 4.90 Å². The molecule has 29 heavy (non-hydrogen) atoms. The van der Waals surface area contributed by atoms with Crippen LogP contribution in [0.4, 0.5) is 0 Å². The van der Waals surface area contributed by atoms with Crippen LogP contribution in [0.15, 0.2) is 18.2 Å². The number of methoxy groups -OCH3 is 1. The van der Waals surface area contributed by atoms with Crippen LogP contribution in [0.2, 0.25) is 0 Å². The molecule has 1 amide bonds. The molecule has 0 radical (unpaired) electrons. The second-order valence-corrected chi connectivity index (χ2v) is 9.39. The first-order valence-electron chi connectivity index (χ1n) is 10.7. The maximum Gasteiger partial charge on any atom is 0.239 e. The van der Waals surface area contributed by atoms with Gasteiger partial charge in [0.25, 0.3) is 0 Å². The molecule has 1 aromatic carbocycles. The average molecular weight is 405 g/mol. The Bertz CT molecular complexity index is 732. The minimum absolute atomic E-state index is 0.0139. The van der Waals surface area contributed by atoms with E-state index in [-0.39, 0.29) is 17.7 Å². The Morgan fingerprint density at radius 2 is 2.00 bits per heavy atom. The van der Waals surface area contributed by atoms with E-state index in [1.54, 1.807) is 14.0 Å². The van der Waals surface area contributed by atoms with E-state index in [0.29, 0.717) is 31.4 Å². The number of hydrogen-bond donors (Lipinski definition) is 2. The molecule has 1 heterocycles. The van der Waals surface area contributed by atoms with Crippen molar-refractivity contribution < 1.29 is 19.4 Å². The lowest BCUT2D eigenvalue weighted by Gasteiger charge is -2.34. The maximum absolute atomic E-state index is 12.9. The van der Waals surface area contributed by atoms with Crippen LogP contribution in [0.5, 0.6) is 11.5 Å². The zero-order chi connectivity index (χ0) is 21.3. The van der Waals surface area contributed by atoms with E-state index in [2.05, 4.69) is 0 Å². The summed E-state index contributed by atoms with van der Waals surface area (Å²) < 4.78 is 11.5. The predicted octanol–water partition coefficient (Wildman–Crippen LogP) is 2.78. The zero-order valence-electron chi connectivity index (χ0n) is 18.4. The van der Waals surface area contributed by atoms with E-state index in [1.807, 2.05) is 43.9 Å². The normalized spacial score (nSPS) is 26.5. The van der Waals surface area contributed by atoms with E-state index in [4.69, 9.17) is 15.2 Å². The molecule has 0 aromatic heterocycles. The standard InChI is InChI=1S/C23H36N2O4/c1-14(2)21(24)22(27)25-11-18(23(4,13-25)15(3)26)17-8-9-19(28-5)20(10-17)29-12-16-6-7-16/h8-10,14-16,18,21,26H,6-7,11-13,24H2,1-5H3/t15-,18+,21-,23?/m1/s1. The number of nitrogens with two attached hydrogens (primary N) is 1. The Kier molecular flexibility index (Phi) is 6.44. The van der Waals surface area contributed by atoms with Gasteiger partial charge in [0.1, 0.15) is 0 Å². The summed E-state index contributed by atoms with van der Waals surface area (Å²) in [6.07, 6.45) is 1.87. The summed E-state index contributed by atoms with van der Waals surface area (Å²) in [6.45, 7) is 9.48. The van der Waals surface area contributed by atoms with Gasteiger partial charge in [0, 0.05) is 24.4 Å². The van der Waals surface area contributed by atoms with Crippen molar-refractivity contribution in [3.8, 4) is 11.5 Å². The van der Waals surface area contributed by atoms with E-state index in [0.717, 1.165) is 11.3 Å². The number of hydrogen-bond acceptors (Lipinski definition) is 5. The van der Waals surface area contributed by atoms with Crippen molar-refractivity contribution in [2.75, 3.05) is 26.8 Å². The van der Waals surface area contributed by atoms with Gasteiger partial charge in [-0.05, 0) is 49.3 Å².